The van der Waals surface area contributed by atoms with Gasteiger partial charge in [0.1, 0.15) is 5.58 Å². The zero-order valence-corrected chi connectivity index (χ0v) is 14.2. The lowest BCUT2D eigenvalue weighted by atomic mass is 10.1. The number of rotatable bonds is 4. The summed E-state index contributed by atoms with van der Waals surface area (Å²) in [5.74, 6) is 0.890. The van der Waals surface area contributed by atoms with Crippen molar-refractivity contribution in [1.29, 1.82) is 0 Å². The van der Waals surface area contributed by atoms with E-state index in [0.717, 1.165) is 17.5 Å². The molecule has 6 nitrogen and oxygen atoms in total. The van der Waals surface area contributed by atoms with Crippen molar-refractivity contribution in [3.63, 3.8) is 0 Å². The molecule has 0 spiro atoms. The molecule has 0 bridgehead atoms. The highest BCUT2D eigenvalue weighted by Crippen LogP contribution is 2.32. The molecule has 0 saturated carbocycles. The van der Waals surface area contributed by atoms with Crippen LogP contribution in [0.4, 0.5) is 0 Å². The molecule has 4 rings (SSSR count). The van der Waals surface area contributed by atoms with Gasteiger partial charge < -0.3 is 19.2 Å². The van der Waals surface area contributed by atoms with Crippen molar-refractivity contribution >= 4 is 16.9 Å². The third-order valence-corrected chi connectivity index (χ3v) is 4.31. The molecule has 2 heterocycles. The number of fused-ring (bicyclic) bond motifs is 2. The minimum atomic E-state index is -0.443. The Kier molecular flexibility index (Phi) is 4.08. The molecule has 1 aliphatic heterocycles. The Balaban J connectivity index is 1.53. The van der Waals surface area contributed by atoms with Crippen LogP contribution in [0.15, 0.2) is 51.7 Å². The van der Waals surface area contributed by atoms with Gasteiger partial charge in [-0.3, -0.25) is 9.59 Å². The lowest BCUT2D eigenvalue weighted by Crippen LogP contribution is -2.24. The number of aryl methyl sites for hydroxylation is 1. The maximum Gasteiger partial charge on any atom is 0.287 e. The molecule has 1 aromatic heterocycles. The molecule has 26 heavy (non-hydrogen) atoms. The predicted molar refractivity (Wildman–Crippen MR) is 95.6 cm³/mol. The number of amides is 1. The summed E-state index contributed by atoms with van der Waals surface area (Å²) in [7, 11) is 0. The van der Waals surface area contributed by atoms with Gasteiger partial charge in [0.15, 0.2) is 22.7 Å². The number of carbonyl (C=O) groups is 1. The van der Waals surface area contributed by atoms with Crippen LogP contribution in [0.25, 0.3) is 11.0 Å². The molecule has 1 aliphatic rings. The van der Waals surface area contributed by atoms with Gasteiger partial charge in [0.25, 0.3) is 5.91 Å². The highest BCUT2D eigenvalue weighted by molar-refractivity contribution is 5.93. The van der Waals surface area contributed by atoms with Crippen molar-refractivity contribution in [2.45, 2.75) is 19.9 Å². The third-order valence-electron chi connectivity index (χ3n) is 4.31. The van der Waals surface area contributed by atoms with Crippen LogP contribution in [0.3, 0.4) is 0 Å². The van der Waals surface area contributed by atoms with Gasteiger partial charge in [0.2, 0.25) is 6.79 Å². The molecular formula is C20H17NO5. The molecule has 0 saturated heterocycles. The van der Waals surface area contributed by atoms with E-state index in [1.165, 1.54) is 6.07 Å². The number of ether oxygens (including phenoxy) is 2. The number of hydrogen-bond acceptors (Lipinski definition) is 5. The van der Waals surface area contributed by atoms with E-state index < -0.39 is 5.91 Å². The van der Waals surface area contributed by atoms with Crippen molar-refractivity contribution in [2.24, 2.45) is 0 Å². The van der Waals surface area contributed by atoms with Crippen molar-refractivity contribution in [3.05, 3.63) is 69.6 Å². The first kappa shape index (κ1) is 16.2. The number of benzene rings is 2. The monoisotopic (exact) mass is 351 g/mol. The highest BCUT2D eigenvalue weighted by atomic mass is 16.7. The minimum absolute atomic E-state index is 0.00695. The molecule has 0 fully saturated rings. The SMILES string of the molecule is CCc1ccc2oc(C(=O)NCc3ccc4c(c3)OCO4)cc(=O)c2c1. The maximum atomic E-state index is 12.4. The largest absolute Gasteiger partial charge is 0.454 e. The molecular weight excluding hydrogens is 334 g/mol. The van der Waals surface area contributed by atoms with E-state index in [9.17, 15) is 9.59 Å². The lowest BCUT2D eigenvalue weighted by Gasteiger charge is -2.07. The lowest BCUT2D eigenvalue weighted by molar-refractivity contribution is 0.0923. The quantitative estimate of drug-likeness (QED) is 0.782. The van der Waals surface area contributed by atoms with Crippen LogP contribution in [-0.4, -0.2) is 12.7 Å². The fraction of sp³-hybridized carbons (Fsp3) is 0.200. The fourth-order valence-electron chi connectivity index (χ4n) is 2.86. The smallest absolute Gasteiger partial charge is 0.287 e. The van der Waals surface area contributed by atoms with E-state index in [-0.39, 0.29) is 24.5 Å². The number of hydrogen-bond donors (Lipinski definition) is 1. The normalized spacial score (nSPS) is 12.3. The van der Waals surface area contributed by atoms with Gasteiger partial charge in [-0.1, -0.05) is 19.1 Å². The van der Waals surface area contributed by atoms with Gasteiger partial charge in [-0.15, -0.1) is 0 Å². The topological polar surface area (TPSA) is 77.8 Å². The summed E-state index contributed by atoms with van der Waals surface area (Å²) in [6, 6.07) is 12.1. The molecule has 0 aliphatic carbocycles. The van der Waals surface area contributed by atoms with E-state index in [4.69, 9.17) is 13.9 Å². The number of nitrogens with one attached hydrogen (secondary N) is 1. The molecule has 2 aromatic carbocycles. The van der Waals surface area contributed by atoms with E-state index in [2.05, 4.69) is 5.32 Å². The van der Waals surface area contributed by atoms with Crippen LogP contribution < -0.4 is 20.2 Å². The van der Waals surface area contributed by atoms with Crippen LogP contribution in [0.2, 0.25) is 0 Å². The summed E-state index contributed by atoms with van der Waals surface area (Å²) in [6.45, 7) is 2.50. The predicted octanol–water partition coefficient (Wildman–Crippen LogP) is 3.01. The highest BCUT2D eigenvalue weighted by Gasteiger charge is 2.15. The average molecular weight is 351 g/mol. The molecule has 1 amide bonds. The summed E-state index contributed by atoms with van der Waals surface area (Å²) in [4.78, 5) is 24.7. The van der Waals surface area contributed by atoms with E-state index in [1.54, 1.807) is 18.2 Å². The summed E-state index contributed by atoms with van der Waals surface area (Å²) in [6.07, 6.45) is 0.827. The molecule has 6 heteroatoms. The molecule has 0 atom stereocenters. The Morgan fingerprint density at radius 1 is 1.04 bits per heavy atom. The van der Waals surface area contributed by atoms with E-state index in [0.29, 0.717) is 22.5 Å². The van der Waals surface area contributed by atoms with Gasteiger partial charge >= 0.3 is 0 Å². The molecule has 1 N–H and O–H groups in total. The van der Waals surface area contributed by atoms with Gasteiger partial charge in [-0.25, -0.2) is 0 Å². The Bertz CT molecular complexity index is 1050. The van der Waals surface area contributed by atoms with Crippen molar-refractivity contribution < 1.29 is 18.7 Å². The van der Waals surface area contributed by atoms with Crippen LogP contribution in [0.1, 0.15) is 28.6 Å². The number of carbonyl (C=O) groups excluding carboxylic acids is 1. The van der Waals surface area contributed by atoms with Crippen LogP contribution in [0, 0.1) is 0 Å². The van der Waals surface area contributed by atoms with Crippen molar-refractivity contribution in [1.82, 2.24) is 5.32 Å². The average Bonchev–Trinajstić information content (AvgIpc) is 3.13. The molecule has 3 aromatic rings. The summed E-state index contributed by atoms with van der Waals surface area (Å²) < 4.78 is 16.2. The second-order valence-electron chi connectivity index (χ2n) is 6.03. The molecule has 132 valence electrons. The Morgan fingerprint density at radius 3 is 2.69 bits per heavy atom. The standard InChI is InChI=1S/C20H17NO5/c1-2-12-3-5-16-14(7-12)15(22)9-19(26-16)20(23)21-10-13-4-6-17-18(8-13)25-11-24-17/h3-9H,2,10-11H2,1H3,(H,21,23). The molecule has 0 unspecified atom stereocenters. The zero-order valence-electron chi connectivity index (χ0n) is 14.2. The Morgan fingerprint density at radius 2 is 1.85 bits per heavy atom. The molecule has 0 radical (unpaired) electrons. The van der Waals surface area contributed by atoms with E-state index >= 15 is 0 Å². The second-order valence-corrected chi connectivity index (χ2v) is 6.03. The fourth-order valence-corrected chi connectivity index (χ4v) is 2.86. The second kappa shape index (κ2) is 6.55. The summed E-state index contributed by atoms with van der Waals surface area (Å²) in [5.41, 5.74) is 2.08. The Labute approximate surface area is 149 Å². The van der Waals surface area contributed by atoms with Crippen molar-refractivity contribution in [3.8, 4) is 11.5 Å². The first-order valence-electron chi connectivity index (χ1n) is 8.37. The van der Waals surface area contributed by atoms with Crippen LogP contribution in [0.5, 0.6) is 11.5 Å². The van der Waals surface area contributed by atoms with Gasteiger partial charge in [0.05, 0.1) is 5.39 Å². The van der Waals surface area contributed by atoms with E-state index in [1.807, 2.05) is 25.1 Å². The van der Waals surface area contributed by atoms with Gasteiger partial charge in [0, 0.05) is 12.6 Å². The summed E-state index contributed by atoms with van der Waals surface area (Å²) in [5, 5.41) is 3.24. The van der Waals surface area contributed by atoms with Crippen LogP contribution >= 0.6 is 0 Å². The van der Waals surface area contributed by atoms with Gasteiger partial charge in [-0.2, -0.15) is 0 Å². The first-order chi connectivity index (χ1) is 12.6. The first-order valence-corrected chi connectivity index (χ1v) is 8.37. The third kappa shape index (κ3) is 3.01. The Hall–Kier alpha value is -3.28. The van der Waals surface area contributed by atoms with Crippen molar-refractivity contribution in [2.75, 3.05) is 6.79 Å². The minimum Gasteiger partial charge on any atom is -0.454 e. The van der Waals surface area contributed by atoms with Gasteiger partial charge in [-0.05, 0) is 41.8 Å². The maximum absolute atomic E-state index is 12.4. The zero-order chi connectivity index (χ0) is 18.1. The summed E-state index contributed by atoms with van der Waals surface area (Å²) >= 11 is 0. The van der Waals surface area contributed by atoms with Crippen LogP contribution in [-0.2, 0) is 13.0 Å².